The third-order valence-corrected chi connectivity index (χ3v) is 3.51. The summed E-state index contributed by atoms with van der Waals surface area (Å²) in [5.74, 6) is -0.995. The van der Waals surface area contributed by atoms with Crippen molar-refractivity contribution in [2.24, 2.45) is 0 Å². The molecule has 1 aromatic carbocycles. The molecule has 5 nitrogen and oxygen atoms in total. The van der Waals surface area contributed by atoms with Crippen LogP contribution in [-0.2, 0) is 21.1 Å². The Balaban J connectivity index is 2.08. The summed E-state index contributed by atoms with van der Waals surface area (Å²) in [4.78, 5) is 11.5. The molecule has 0 fully saturated rings. The van der Waals surface area contributed by atoms with Crippen LogP contribution in [0.5, 0.6) is 0 Å². The SMILES string of the molecule is CS(=O)(=O)CC(=O)Nc1ccc2c(c1)NCCC2. The van der Waals surface area contributed by atoms with Gasteiger partial charge in [-0.3, -0.25) is 4.79 Å². The average molecular weight is 268 g/mol. The second kappa shape index (κ2) is 4.97. The van der Waals surface area contributed by atoms with Crippen LogP contribution in [0.1, 0.15) is 12.0 Å². The topological polar surface area (TPSA) is 75.3 Å². The van der Waals surface area contributed by atoms with Gasteiger partial charge in [-0.05, 0) is 30.5 Å². The molecule has 2 rings (SSSR count). The number of aryl methyl sites for hydroxylation is 1. The van der Waals surface area contributed by atoms with Gasteiger partial charge < -0.3 is 10.6 Å². The summed E-state index contributed by atoms with van der Waals surface area (Å²) in [6.45, 7) is 0.924. The lowest BCUT2D eigenvalue weighted by Crippen LogP contribution is -2.22. The molecule has 6 heteroatoms. The lowest BCUT2D eigenvalue weighted by atomic mass is 10.0. The van der Waals surface area contributed by atoms with Crippen LogP contribution in [0, 0.1) is 0 Å². The molecule has 0 bridgehead atoms. The molecule has 0 spiro atoms. The van der Waals surface area contributed by atoms with Gasteiger partial charge in [-0.15, -0.1) is 0 Å². The minimum absolute atomic E-state index is 0.489. The fourth-order valence-electron chi connectivity index (χ4n) is 1.97. The Bertz CT molecular complexity index is 567. The highest BCUT2D eigenvalue weighted by atomic mass is 32.2. The number of rotatable bonds is 3. The zero-order valence-corrected chi connectivity index (χ0v) is 11.0. The molecule has 0 saturated heterocycles. The Hall–Kier alpha value is -1.56. The largest absolute Gasteiger partial charge is 0.385 e. The minimum atomic E-state index is -3.29. The first-order chi connectivity index (χ1) is 8.44. The molecule has 0 saturated carbocycles. The number of hydrogen-bond donors (Lipinski definition) is 2. The van der Waals surface area contributed by atoms with Crippen LogP contribution in [-0.4, -0.2) is 32.9 Å². The summed E-state index contributed by atoms with van der Waals surface area (Å²) >= 11 is 0. The highest BCUT2D eigenvalue weighted by Gasteiger charge is 2.13. The van der Waals surface area contributed by atoms with E-state index in [0.717, 1.165) is 31.3 Å². The number of carbonyl (C=O) groups excluding carboxylic acids is 1. The van der Waals surface area contributed by atoms with E-state index in [1.165, 1.54) is 5.56 Å². The second-order valence-corrected chi connectivity index (χ2v) is 6.66. The Kier molecular flexibility index (Phi) is 3.56. The Labute approximate surface area is 107 Å². The molecule has 98 valence electrons. The highest BCUT2D eigenvalue weighted by Crippen LogP contribution is 2.25. The number of nitrogens with one attached hydrogen (secondary N) is 2. The summed E-state index contributed by atoms with van der Waals surface area (Å²) in [6, 6.07) is 5.60. The predicted molar refractivity (Wildman–Crippen MR) is 71.6 cm³/mol. The molecular formula is C12H16N2O3S. The van der Waals surface area contributed by atoms with Gasteiger partial charge in [-0.2, -0.15) is 0 Å². The lowest BCUT2D eigenvalue weighted by molar-refractivity contribution is -0.113. The number of fused-ring (bicyclic) bond motifs is 1. The van der Waals surface area contributed by atoms with Gasteiger partial charge in [0.2, 0.25) is 5.91 Å². The maximum Gasteiger partial charge on any atom is 0.239 e. The third kappa shape index (κ3) is 3.46. The van der Waals surface area contributed by atoms with E-state index in [4.69, 9.17) is 0 Å². The molecule has 1 heterocycles. The van der Waals surface area contributed by atoms with Gasteiger partial charge in [0.1, 0.15) is 5.75 Å². The van der Waals surface area contributed by atoms with Crippen LogP contribution in [0.4, 0.5) is 11.4 Å². The van der Waals surface area contributed by atoms with E-state index >= 15 is 0 Å². The number of benzene rings is 1. The normalized spacial score (nSPS) is 14.5. The molecule has 1 aromatic rings. The van der Waals surface area contributed by atoms with Gasteiger partial charge in [0.05, 0.1) is 0 Å². The van der Waals surface area contributed by atoms with Gasteiger partial charge in [-0.25, -0.2) is 8.42 Å². The van der Waals surface area contributed by atoms with Crippen molar-refractivity contribution >= 4 is 27.1 Å². The Morgan fingerprint density at radius 1 is 1.44 bits per heavy atom. The first-order valence-electron chi connectivity index (χ1n) is 5.78. The molecule has 0 aliphatic carbocycles. The minimum Gasteiger partial charge on any atom is -0.385 e. The lowest BCUT2D eigenvalue weighted by Gasteiger charge is -2.18. The van der Waals surface area contributed by atoms with Crippen molar-refractivity contribution in [2.45, 2.75) is 12.8 Å². The monoisotopic (exact) mass is 268 g/mol. The number of amides is 1. The van der Waals surface area contributed by atoms with Crippen molar-refractivity contribution < 1.29 is 13.2 Å². The van der Waals surface area contributed by atoms with Crippen LogP contribution in [0.3, 0.4) is 0 Å². The molecule has 0 atom stereocenters. The van der Waals surface area contributed by atoms with Crippen LogP contribution >= 0.6 is 0 Å². The van der Waals surface area contributed by atoms with Crippen LogP contribution in [0.2, 0.25) is 0 Å². The Morgan fingerprint density at radius 2 is 2.22 bits per heavy atom. The molecule has 2 N–H and O–H groups in total. The predicted octanol–water partition coefficient (Wildman–Crippen LogP) is 1.03. The number of sulfone groups is 1. The second-order valence-electron chi connectivity index (χ2n) is 4.52. The first-order valence-corrected chi connectivity index (χ1v) is 7.84. The van der Waals surface area contributed by atoms with Crippen molar-refractivity contribution in [1.82, 2.24) is 0 Å². The number of anilines is 2. The van der Waals surface area contributed by atoms with E-state index in [9.17, 15) is 13.2 Å². The van der Waals surface area contributed by atoms with Gasteiger partial charge in [0.25, 0.3) is 0 Å². The molecule has 0 radical (unpaired) electrons. The van der Waals surface area contributed by atoms with Crippen molar-refractivity contribution in [1.29, 1.82) is 0 Å². The fourth-order valence-corrected chi connectivity index (χ4v) is 2.52. The van der Waals surface area contributed by atoms with E-state index < -0.39 is 21.5 Å². The fraction of sp³-hybridized carbons (Fsp3) is 0.417. The number of carbonyl (C=O) groups is 1. The number of hydrogen-bond acceptors (Lipinski definition) is 4. The molecule has 1 aliphatic heterocycles. The Morgan fingerprint density at radius 3 is 2.94 bits per heavy atom. The average Bonchev–Trinajstić information content (AvgIpc) is 2.26. The van der Waals surface area contributed by atoms with Crippen molar-refractivity contribution in [3.05, 3.63) is 23.8 Å². The van der Waals surface area contributed by atoms with E-state index in [1.807, 2.05) is 12.1 Å². The zero-order chi connectivity index (χ0) is 13.2. The first kappa shape index (κ1) is 12.9. The van der Waals surface area contributed by atoms with E-state index in [1.54, 1.807) is 6.07 Å². The van der Waals surface area contributed by atoms with E-state index in [2.05, 4.69) is 10.6 Å². The van der Waals surface area contributed by atoms with E-state index in [0.29, 0.717) is 5.69 Å². The molecule has 1 aliphatic rings. The van der Waals surface area contributed by atoms with Crippen LogP contribution in [0.25, 0.3) is 0 Å². The highest BCUT2D eigenvalue weighted by molar-refractivity contribution is 7.91. The van der Waals surface area contributed by atoms with Crippen LogP contribution < -0.4 is 10.6 Å². The van der Waals surface area contributed by atoms with Gasteiger partial charge in [0, 0.05) is 24.2 Å². The molecule has 18 heavy (non-hydrogen) atoms. The maximum absolute atomic E-state index is 11.5. The standard InChI is InChI=1S/C12H16N2O3S/c1-18(16,17)8-12(15)14-10-5-4-9-3-2-6-13-11(9)7-10/h4-5,7,13H,2-3,6,8H2,1H3,(H,14,15). The molecular weight excluding hydrogens is 252 g/mol. The summed E-state index contributed by atoms with van der Waals surface area (Å²) < 4.78 is 22.0. The molecule has 1 amide bonds. The van der Waals surface area contributed by atoms with Crippen molar-refractivity contribution in [3.63, 3.8) is 0 Å². The van der Waals surface area contributed by atoms with Gasteiger partial charge in [0.15, 0.2) is 9.84 Å². The summed E-state index contributed by atoms with van der Waals surface area (Å²) in [5, 5.41) is 5.85. The molecule has 0 aromatic heterocycles. The third-order valence-electron chi connectivity index (χ3n) is 2.73. The summed E-state index contributed by atoms with van der Waals surface area (Å²) in [7, 11) is -3.29. The van der Waals surface area contributed by atoms with Gasteiger partial charge in [-0.1, -0.05) is 6.07 Å². The van der Waals surface area contributed by atoms with Crippen molar-refractivity contribution in [2.75, 3.05) is 29.2 Å². The van der Waals surface area contributed by atoms with Crippen LogP contribution in [0.15, 0.2) is 18.2 Å². The smallest absolute Gasteiger partial charge is 0.239 e. The summed E-state index contributed by atoms with van der Waals surface area (Å²) in [5.41, 5.74) is 2.86. The van der Waals surface area contributed by atoms with Gasteiger partial charge >= 0.3 is 0 Å². The van der Waals surface area contributed by atoms with E-state index in [-0.39, 0.29) is 0 Å². The van der Waals surface area contributed by atoms with Crippen molar-refractivity contribution in [3.8, 4) is 0 Å². The zero-order valence-electron chi connectivity index (χ0n) is 10.2. The summed E-state index contributed by atoms with van der Waals surface area (Å²) in [6.07, 6.45) is 3.17. The maximum atomic E-state index is 11.5. The quantitative estimate of drug-likeness (QED) is 0.858. The molecule has 0 unspecified atom stereocenters.